The lowest BCUT2D eigenvalue weighted by Crippen LogP contribution is -2.41. The molecule has 0 radical (unpaired) electrons. The number of imidazole rings is 1. The Kier molecular flexibility index (Phi) is 3.96. The van der Waals surface area contributed by atoms with Crippen LogP contribution in [0.2, 0.25) is 18.1 Å². The average Bonchev–Trinajstić information content (AvgIpc) is 2.49. The number of hydrogen-bond donors (Lipinski definition) is 0. The van der Waals surface area contributed by atoms with E-state index in [2.05, 4.69) is 43.4 Å². The summed E-state index contributed by atoms with van der Waals surface area (Å²) in [7, 11) is -1.59. The van der Waals surface area contributed by atoms with Crippen molar-refractivity contribution in [3.8, 4) is 0 Å². The molecular formula is C12H24N2OSi. The molecule has 0 N–H and O–H groups in total. The molecule has 0 aliphatic heterocycles. The standard InChI is InChI=1S/C12H24N2OSi/c1-11-13-7-8-14(11)9-10-15-16(5,6)12(2,3)4/h7-8H,9-10H2,1-6H3. The Morgan fingerprint density at radius 1 is 1.38 bits per heavy atom. The lowest BCUT2D eigenvalue weighted by Gasteiger charge is -2.36. The maximum atomic E-state index is 6.11. The van der Waals surface area contributed by atoms with E-state index in [9.17, 15) is 0 Å². The summed E-state index contributed by atoms with van der Waals surface area (Å²) in [5, 5.41) is 0.289. The zero-order valence-electron chi connectivity index (χ0n) is 11.4. The van der Waals surface area contributed by atoms with Crippen LogP contribution in [0, 0.1) is 6.92 Å². The van der Waals surface area contributed by atoms with Crippen LogP contribution in [0.15, 0.2) is 12.4 Å². The van der Waals surface area contributed by atoms with Crippen LogP contribution in [-0.2, 0) is 11.0 Å². The second kappa shape index (κ2) is 4.71. The second-order valence-electron chi connectivity index (χ2n) is 5.78. The van der Waals surface area contributed by atoms with Crippen molar-refractivity contribution >= 4 is 8.32 Å². The van der Waals surface area contributed by atoms with Crippen molar-refractivity contribution in [1.82, 2.24) is 9.55 Å². The van der Waals surface area contributed by atoms with Gasteiger partial charge in [-0.05, 0) is 25.1 Å². The highest BCUT2D eigenvalue weighted by Crippen LogP contribution is 2.36. The molecule has 0 unspecified atom stereocenters. The highest BCUT2D eigenvalue weighted by Gasteiger charge is 2.36. The Labute approximate surface area is 100.0 Å². The van der Waals surface area contributed by atoms with Crippen LogP contribution in [0.3, 0.4) is 0 Å². The largest absolute Gasteiger partial charge is 0.415 e. The van der Waals surface area contributed by atoms with Crippen molar-refractivity contribution < 1.29 is 4.43 Å². The molecule has 0 saturated heterocycles. The number of aromatic nitrogens is 2. The van der Waals surface area contributed by atoms with Crippen LogP contribution in [0.25, 0.3) is 0 Å². The van der Waals surface area contributed by atoms with Gasteiger partial charge in [0.1, 0.15) is 5.82 Å². The first-order valence-electron chi connectivity index (χ1n) is 5.86. The minimum Gasteiger partial charge on any atom is -0.415 e. The predicted molar refractivity (Wildman–Crippen MR) is 70.1 cm³/mol. The number of rotatable bonds is 4. The number of nitrogens with zero attached hydrogens (tertiary/aromatic N) is 2. The molecule has 0 bridgehead atoms. The van der Waals surface area contributed by atoms with Crippen molar-refractivity contribution in [3.05, 3.63) is 18.2 Å². The zero-order chi connectivity index (χ0) is 12.4. The quantitative estimate of drug-likeness (QED) is 0.756. The Morgan fingerprint density at radius 3 is 2.44 bits per heavy atom. The predicted octanol–water partition coefficient (Wildman–Crippen LogP) is 3.21. The summed E-state index contributed by atoms with van der Waals surface area (Å²) in [5.74, 6) is 1.05. The van der Waals surface area contributed by atoms with E-state index in [1.807, 2.05) is 19.3 Å². The molecule has 1 aromatic heterocycles. The molecule has 0 amide bonds. The van der Waals surface area contributed by atoms with Gasteiger partial charge in [-0.15, -0.1) is 0 Å². The summed E-state index contributed by atoms with van der Waals surface area (Å²) in [6.45, 7) is 15.1. The molecule has 0 fully saturated rings. The first kappa shape index (κ1) is 13.5. The molecule has 0 aromatic carbocycles. The molecule has 0 spiro atoms. The molecule has 1 aromatic rings. The van der Waals surface area contributed by atoms with E-state index in [0.717, 1.165) is 19.0 Å². The Hall–Kier alpha value is -0.613. The summed E-state index contributed by atoms with van der Waals surface area (Å²) in [6, 6.07) is 0. The highest BCUT2D eigenvalue weighted by atomic mass is 28.4. The first-order chi connectivity index (χ1) is 7.24. The molecular weight excluding hydrogens is 216 g/mol. The Morgan fingerprint density at radius 2 is 2.00 bits per heavy atom. The maximum absolute atomic E-state index is 6.11. The van der Waals surface area contributed by atoms with E-state index in [0.29, 0.717) is 0 Å². The van der Waals surface area contributed by atoms with Crippen LogP contribution < -0.4 is 0 Å². The van der Waals surface area contributed by atoms with Gasteiger partial charge in [-0.3, -0.25) is 0 Å². The monoisotopic (exact) mass is 240 g/mol. The Bertz CT molecular complexity index is 339. The molecule has 1 rings (SSSR count). The lowest BCUT2D eigenvalue weighted by atomic mass is 10.2. The molecule has 0 atom stereocenters. The van der Waals surface area contributed by atoms with Crippen molar-refractivity contribution in [2.24, 2.45) is 0 Å². The van der Waals surface area contributed by atoms with Gasteiger partial charge in [0.15, 0.2) is 8.32 Å². The van der Waals surface area contributed by atoms with Crippen LogP contribution in [0.5, 0.6) is 0 Å². The normalized spacial score (nSPS) is 13.1. The van der Waals surface area contributed by atoms with Crippen LogP contribution in [-0.4, -0.2) is 24.5 Å². The molecule has 4 heteroatoms. The SMILES string of the molecule is Cc1nccn1CCO[Si](C)(C)C(C)(C)C. The molecule has 1 heterocycles. The third kappa shape index (κ3) is 3.19. The van der Waals surface area contributed by atoms with Gasteiger partial charge in [0.2, 0.25) is 0 Å². The number of hydrogen-bond acceptors (Lipinski definition) is 2. The smallest absolute Gasteiger partial charge is 0.192 e. The summed E-state index contributed by atoms with van der Waals surface area (Å²) in [6.07, 6.45) is 3.84. The van der Waals surface area contributed by atoms with Gasteiger partial charge in [0.25, 0.3) is 0 Å². The fourth-order valence-corrected chi connectivity index (χ4v) is 2.29. The van der Waals surface area contributed by atoms with Gasteiger partial charge in [-0.25, -0.2) is 4.98 Å². The molecule has 0 aliphatic rings. The summed E-state index contributed by atoms with van der Waals surface area (Å²) in [5.41, 5.74) is 0. The summed E-state index contributed by atoms with van der Waals surface area (Å²) >= 11 is 0. The highest BCUT2D eigenvalue weighted by molar-refractivity contribution is 6.74. The van der Waals surface area contributed by atoms with E-state index in [1.165, 1.54) is 0 Å². The fraction of sp³-hybridized carbons (Fsp3) is 0.750. The van der Waals surface area contributed by atoms with Crippen molar-refractivity contribution in [2.45, 2.75) is 52.4 Å². The summed E-state index contributed by atoms with van der Waals surface area (Å²) in [4.78, 5) is 4.20. The van der Waals surface area contributed by atoms with E-state index in [1.54, 1.807) is 0 Å². The zero-order valence-corrected chi connectivity index (χ0v) is 12.4. The van der Waals surface area contributed by atoms with Gasteiger partial charge < -0.3 is 8.99 Å². The third-order valence-corrected chi connectivity index (χ3v) is 8.06. The van der Waals surface area contributed by atoms with Crippen LogP contribution in [0.1, 0.15) is 26.6 Å². The third-order valence-electron chi connectivity index (χ3n) is 3.52. The minimum absolute atomic E-state index is 0.289. The molecule has 3 nitrogen and oxygen atoms in total. The molecule has 0 aliphatic carbocycles. The molecule has 16 heavy (non-hydrogen) atoms. The van der Waals surface area contributed by atoms with E-state index < -0.39 is 8.32 Å². The van der Waals surface area contributed by atoms with Gasteiger partial charge >= 0.3 is 0 Å². The van der Waals surface area contributed by atoms with E-state index in [-0.39, 0.29) is 5.04 Å². The van der Waals surface area contributed by atoms with Gasteiger partial charge in [0.05, 0.1) is 6.61 Å². The number of aryl methyl sites for hydroxylation is 1. The summed E-state index contributed by atoms with van der Waals surface area (Å²) < 4.78 is 8.24. The van der Waals surface area contributed by atoms with Crippen LogP contribution >= 0.6 is 0 Å². The molecule has 0 saturated carbocycles. The van der Waals surface area contributed by atoms with E-state index >= 15 is 0 Å². The van der Waals surface area contributed by atoms with Gasteiger partial charge in [-0.2, -0.15) is 0 Å². The van der Waals surface area contributed by atoms with Crippen molar-refractivity contribution in [1.29, 1.82) is 0 Å². The van der Waals surface area contributed by atoms with E-state index in [4.69, 9.17) is 4.43 Å². The van der Waals surface area contributed by atoms with Crippen LogP contribution in [0.4, 0.5) is 0 Å². The minimum atomic E-state index is -1.59. The molecule has 92 valence electrons. The Balaban J connectivity index is 2.45. The second-order valence-corrected chi connectivity index (χ2v) is 10.6. The fourth-order valence-electron chi connectivity index (χ4n) is 1.26. The van der Waals surface area contributed by atoms with Gasteiger partial charge in [-0.1, -0.05) is 20.8 Å². The van der Waals surface area contributed by atoms with Crippen molar-refractivity contribution in [3.63, 3.8) is 0 Å². The van der Waals surface area contributed by atoms with Crippen molar-refractivity contribution in [2.75, 3.05) is 6.61 Å². The lowest BCUT2D eigenvalue weighted by molar-refractivity contribution is 0.270. The first-order valence-corrected chi connectivity index (χ1v) is 8.76. The van der Waals surface area contributed by atoms with Gasteiger partial charge in [0, 0.05) is 18.9 Å². The maximum Gasteiger partial charge on any atom is 0.192 e. The average molecular weight is 240 g/mol. The topological polar surface area (TPSA) is 27.1 Å².